The van der Waals surface area contributed by atoms with Gasteiger partial charge in [-0.05, 0) is 44.0 Å². The third kappa shape index (κ3) is 5.90. The van der Waals surface area contributed by atoms with E-state index < -0.39 is 0 Å². The lowest BCUT2D eigenvalue weighted by Gasteiger charge is -2.10. The van der Waals surface area contributed by atoms with Crippen LogP contribution in [0.25, 0.3) is 17.1 Å². The Labute approximate surface area is 174 Å². The minimum atomic E-state index is -0.305. The second-order valence-corrected chi connectivity index (χ2v) is 7.51. The van der Waals surface area contributed by atoms with Crippen LogP contribution in [0.15, 0.2) is 59.8 Å². The summed E-state index contributed by atoms with van der Waals surface area (Å²) in [6.07, 6.45) is 3.19. The van der Waals surface area contributed by atoms with Gasteiger partial charge in [0.15, 0.2) is 11.0 Å². The van der Waals surface area contributed by atoms with Gasteiger partial charge in [0.05, 0.1) is 6.61 Å². The lowest BCUT2D eigenvalue weighted by molar-refractivity contribution is -0.143. The molecule has 0 spiro atoms. The molecule has 1 heterocycles. The molecule has 0 bridgehead atoms. The maximum atomic E-state index is 13.7. The molecule has 0 saturated heterocycles. The third-order valence-corrected chi connectivity index (χ3v) is 5.31. The number of unbranched alkanes of at least 4 members (excludes halogenated alkanes) is 2. The molecule has 3 rings (SSSR count). The van der Waals surface area contributed by atoms with E-state index in [0.29, 0.717) is 24.4 Å². The summed E-state index contributed by atoms with van der Waals surface area (Å²) in [4.78, 5) is 11.4. The summed E-state index contributed by atoms with van der Waals surface area (Å²) in [7, 11) is 0. The number of rotatable bonds is 10. The zero-order valence-corrected chi connectivity index (χ0v) is 17.2. The van der Waals surface area contributed by atoms with Gasteiger partial charge in [-0.2, -0.15) is 0 Å². The number of benzene rings is 2. The molecule has 0 saturated carbocycles. The fourth-order valence-electron chi connectivity index (χ4n) is 2.93. The third-order valence-electron chi connectivity index (χ3n) is 4.29. The van der Waals surface area contributed by atoms with Gasteiger partial charge >= 0.3 is 5.97 Å². The van der Waals surface area contributed by atoms with Gasteiger partial charge in [-0.1, -0.05) is 48.5 Å². The Bertz CT molecular complexity index is 931. The average Bonchev–Trinajstić information content (AvgIpc) is 3.15. The lowest BCUT2D eigenvalue weighted by Crippen LogP contribution is -2.03. The molecule has 29 heavy (non-hydrogen) atoms. The monoisotopic (exact) mass is 413 g/mol. The van der Waals surface area contributed by atoms with Crippen molar-refractivity contribution in [3.05, 3.63) is 60.4 Å². The molecular weight excluding hydrogens is 389 g/mol. The Hall–Kier alpha value is -2.67. The molecule has 0 amide bonds. The van der Waals surface area contributed by atoms with Crippen LogP contribution in [0, 0.1) is 5.82 Å². The number of nitrogens with zero attached hydrogens (tertiary/aromatic N) is 3. The zero-order chi connectivity index (χ0) is 20.5. The van der Waals surface area contributed by atoms with Crippen LogP contribution in [-0.2, 0) is 9.53 Å². The molecule has 0 N–H and O–H groups in total. The Morgan fingerprint density at radius 2 is 1.90 bits per heavy atom. The van der Waals surface area contributed by atoms with Crippen LogP contribution < -0.4 is 0 Å². The van der Waals surface area contributed by atoms with Crippen molar-refractivity contribution in [2.24, 2.45) is 0 Å². The van der Waals surface area contributed by atoms with Crippen LogP contribution in [0.3, 0.4) is 0 Å². The van der Waals surface area contributed by atoms with E-state index >= 15 is 0 Å². The number of halogens is 1. The Kier molecular flexibility index (Phi) is 7.81. The van der Waals surface area contributed by atoms with Crippen molar-refractivity contribution in [2.45, 2.75) is 37.8 Å². The van der Waals surface area contributed by atoms with Crippen LogP contribution in [0.4, 0.5) is 4.39 Å². The van der Waals surface area contributed by atoms with Crippen molar-refractivity contribution in [2.75, 3.05) is 12.4 Å². The van der Waals surface area contributed by atoms with Crippen molar-refractivity contribution < 1.29 is 13.9 Å². The summed E-state index contributed by atoms with van der Waals surface area (Å²) in [5.41, 5.74) is 1.62. The number of esters is 1. The summed E-state index contributed by atoms with van der Waals surface area (Å²) >= 11 is 1.61. The highest BCUT2D eigenvalue weighted by Crippen LogP contribution is 2.28. The van der Waals surface area contributed by atoms with E-state index in [1.165, 1.54) is 12.1 Å². The lowest BCUT2D eigenvalue weighted by atomic mass is 10.2. The largest absolute Gasteiger partial charge is 0.466 e. The molecule has 0 atom stereocenters. The number of hydrogen-bond acceptors (Lipinski definition) is 5. The number of carbonyl (C=O) groups is 1. The fraction of sp³-hybridized carbons (Fsp3) is 0.318. The zero-order valence-electron chi connectivity index (χ0n) is 16.4. The van der Waals surface area contributed by atoms with Crippen molar-refractivity contribution in [1.82, 2.24) is 14.8 Å². The van der Waals surface area contributed by atoms with Gasteiger partial charge in [-0.25, -0.2) is 4.39 Å². The topological polar surface area (TPSA) is 57.0 Å². The van der Waals surface area contributed by atoms with Crippen LogP contribution >= 0.6 is 11.8 Å². The standard InChI is InChI=1S/C22H24FN3O2S/c1-2-28-20(27)14-7-4-8-15-29-22-25-24-21(17-10-9-11-18(23)16-17)26(22)19-12-5-3-6-13-19/h3,5-6,9-13,16H,2,4,7-8,14-15H2,1H3. The molecular formula is C22H24FN3O2S. The number of thioether (sulfide) groups is 1. The number of ether oxygens (including phenoxy) is 1. The number of hydrogen-bond donors (Lipinski definition) is 0. The average molecular weight is 414 g/mol. The van der Waals surface area contributed by atoms with Crippen molar-refractivity contribution in [3.8, 4) is 17.1 Å². The number of aromatic nitrogens is 3. The van der Waals surface area contributed by atoms with E-state index in [1.54, 1.807) is 17.8 Å². The first-order valence-electron chi connectivity index (χ1n) is 9.74. The summed E-state index contributed by atoms with van der Waals surface area (Å²) in [5.74, 6) is 1.03. The minimum absolute atomic E-state index is 0.135. The quantitative estimate of drug-likeness (QED) is 0.257. The van der Waals surface area contributed by atoms with Gasteiger partial charge in [0.25, 0.3) is 0 Å². The summed E-state index contributed by atoms with van der Waals surface area (Å²) in [5, 5.41) is 9.44. The molecule has 0 aliphatic carbocycles. The van der Waals surface area contributed by atoms with E-state index in [1.807, 2.05) is 47.9 Å². The van der Waals surface area contributed by atoms with E-state index in [-0.39, 0.29) is 11.8 Å². The molecule has 1 aromatic heterocycles. The van der Waals surface area contributed by atoms with E-state index in [0.717, 1.165) is 35.9 Å². The Morgan fingerprint density at radius 3 is 2.66 bits per heavy atom. The first kappa shape index (κ1) is 21.0. The maximum Gasteiger partial charge on any atom is 0.305 e. The van der Waals surface area contributed by atoms with Gasteiger partial charge in [0, 0.05) is 23.4 Å². The summed E-state index contributed by atoms with van der Waals surface area (Å²) in [6, 6.07) is 16.2. The van der Waals surface area contributed by atoms with Gasteiger partial charge < -0.3 is 4.74 Å². The van der Waals surface area contributed by atoms with Gasteiger partial charge in [-0.3, -0.25) is 9.36 Å². The Balaban J connectivity index is 1.68. The van der Waals surface area contributed by atoms with E-state index in [4.69, 9.17) is 4.74 Å². The van der Waals surface area contributed by atoms with Crippen molar-refractivity contribution >= 4 is 17.7 Å². The number of carbonyl (C=O) groups excluding carboxylic acids is 1. The SMILES string of the molecule is CCOC(=O)CCCCCSc1nnc(-c2cccc(F)c2)n1-c1ccccc1. The van der Waals surface area contributed by atoms with Gasteiger partial charge in [0.1, 0.15) is 5.82 Å². The molecule has 152 valence electrons. The minimum Gasteiger partial charge on any atom is -0.466 e. The highest BCUT2D eigenvalue weighted by atomic mass is 32.2. The van der Waals surface area contributed by atoms with Crippen LogP contribution in [0.1, 0.15) is 32.6 Å². The first-order chi connectivity index (χ1) is 14.2. The molecule has 3 aromatic rings. The predicted octanol–water partition coefficient (Wildman–Crippen LogP) is 5.29. The van der Waals surface area contributed by atoms with Gasteiger partial charge in [-0.15, -0.1) is 10.2 Å². The Morgan fingerprint density at radius 1 is 1.07 bits per heavy atom. The van der Waals surface area contributed by atoms with Gasteiger partial charge in [0.2, 0.25) is 0 Å². The predicted molar refractivity (Wildman–Crippen MR) is 113 cm³/mol. The summed E-state index contributed by atoms with van der Waals surface area (Å²) in [6.45, 7) is 2.24. The molecule has 0 unspecified atom stereocenters. The molecule has 0 aliphatic rings. The highest BCUT2D eigenvalue weighted by Gasteiger charge is 2.16. The van der Waals surface area contributed by atoms with Crippen LogP contribution in [0.2, 0.25) is 0 Å². The van der Waals surface area contributed by atoms with Crippen LogP contribution in [-0.4, -0.2) is 33.1 Å². The smallest absolute Gasteiger partial charge is 0.305 e. The number of para-hydroxylation sites is 1. The van der Waals surface area contributed by atoms with Crippen molar-refractivity contribution in [1.29, 1.82) is 0 Å². The summed E-state index contributed by atoms with van der Waals surface area (Å²) < 4.78 is 20.6. The molecule has 0 aliphatic heterocycles. The first-order valence-corrected chi connectivity index (χ1v) is 10.7. The van der Waals surface area contributed by atoms with Crippen LogP contribution in [0.5, 0.6) is 0 Å². The highest BCUT2D eigenvalue weighted by molar-refractivity contribution is 7.99. The molecule has 7 heteroatoms. The second-order valence-electron chi connectivity index (χ2n) is 6.45. The molecule has 0 fully saturated rings. The maximum absolute atomic E-state index is 13.7. The molecule has 2 aromatic carbocycles. The van der Waals surface area contributed by atoms with E-state index in [9.17, 15) is 9.18 Å². The second kappa shape index (κ2) is 10.8. The normalized spacial score (nSPS) is 10.8. The molecule has 5 nitrogen and oxygen atoms in total. The van der Waals surface area contributed by atoms with E-state index in [2.05, 4.69) is 10.2 Å². The van der Waals surface area contributed by atoms with Crippen molar-refractivity contribution in [3.63, 3.8) is 0 Å². The fourth-order valence-corrected chi connectivity index (χ4v) is 3.88. The molecule has 0 radical (unpaired) electrons.